The Morgan fingerprint density at radius 3 is 2.67 bits per heavy atom. The minimum atomic E-state index is -0.664. The molecule has 4 aliphatic rings. The van der Waals surface area contributed by atoms with Gasteiger partial charge in [0, 0.05) is 6.42 Å². The molecule has 0 aromatic heterocycles. The van der Waals surface area contributed by atoms with Crippen LogP contribution < -0.4 is 0 Å². The van der Waals surface area contributed by atoms with Gasteiger partial charge >= 0.3 is 5.97 Å². The lowest BCUT2D eigenvalue weighted by molar-refractivity contribution is -0.141. The molecule has 0 saturated heterocycles. The third-order valence-corrected chi connectivity index (χ3v) is 9.94. The van der Waals surface area contributed by atoms with E-state index in [0.717, 1.165) is 38.0 Å². The molecule has 2 fully saturated rings. The number of carboxylic acids is 1. The molecule has 0 bridgehead atoms. The first-order chi connectivity index (χ1) is 14.2. The molecule has 2 saturated carbocycles. The molecule has 166 valence electrons. The smallest absolute Gasteiger partial charge is 0.306 e. The van der Waals surface area contributed by atoms with Crippen LogP contribution in [-0.2, 0) is 9.59 Å². The molecular weight excluding hydrogens is 372 g/mol. The number of fused-ring (bicyclic) bond motifs is 5. The molecule has 8 atom stereocenters. The van der Waals surface area contributed by atoms with Crippen LogP contribution in [0.1, 0.15) is 85.5 Å². The van der Waals surface area contributed by atoms with Gasteiger partial charge in [-0.05, 0) is 85.0 Å². The Kier molecular flexibility index (Phi) is 5.79. The Morgan fingerprint density at radius 2 is 1.93 bits per heavy atom. The zero-order valence-electron chi connectivity index (χ0n) is 19.3. The minimum absolute atomic E-state index is 0.163. The molecule has 8 unspecified atom stereocenters. The molecule has 0 amide bonds. The Labute approximate surface area is 182 Å². The summed E-state index contributed by atoms with van der Waals surface area (Å²) in [5.41, 5.74) is 2.27. The van der Waals surface area contributed by atoms with Gasteiger partial charge in [0.05, 0.1) is 5.92 Å². The van der Waals surface area contributed by atoms with Gasteiger partial charge in [0.15, 0.2) is 5.78 Å². The van der Waals surface area contributed by atoms with Crippen molar-refractivity contribution in [3.8, 4) is 0 Å². The van der Waals surface area contributed by atoms with Crippen LogP contribution in [0.2, 0.25) is 0 Å². The molecule has 0 aromatic rings. The average molecular weight is 413 g/mol. The summed E-state index contributed by atoms with van der Waals surface area (Å²) in [7, 11) is 0. The lowest BCUT2D eigenvalue weighted by Gasteiger charge is -2.55. The van der Waals surface area contributed by atoms with E-state index >= 15 is 0 Å². The van der Waals surface area contributed by atoms with E-state index < -0.39 is 5.97 Å². The Bertz CT molecular complexity index is 764. The maximum Gasteiger partial charge on any atom is 0.306 e. The van der Waals surface area contributed by atoms with E-state index in [-0.39, 0.29) is 11.3 Å². The summed E-state index contributed by atoms with van der Waals surface area (Å²) in [6, 6.07) is 0. The SMILES string of the molecule is CC(CCCC(C)C1CCC2C3=CCC4CC(=O)C=CC4(C)C3CCC21C)C(=O)O. The first kappa shape index (κ1) is 21.8. The van der Waals surface area contributed by atoms with Crippen molar-refractivity contribution < 1.29 is 14.7 Å². The van der Waals surface area contributed by atoms with Gasteiger partial charge in [0.25, 0.3) is 0 Å². The molecule has 0 heterocycles. The lowest BCUT2D eigenvalue weighted by atomic mass is 9.49. The van der Waals surface area contributed by atoms with Crippen LogP contribution in [0.3, 0.4) is 0 Å². The van der Waals surface area contributed by atoms with Crippen LogP contribution in [0.4, 0.5) is 0 Å². The van der Waals surface area contributed by atoms with Crippen LogP contribution in [-0.4, -0.2) is 16.9 Å². The Hall–Kier alpha value is -1.38. The molecule has 0 spiro atoms. The second-order valence-corrected chi connectivity index (χ2v) is 11.5. The monoisotopic (exact) mass is 412 g/mol. The van der Waals surface area contributed by atoms with Crippen LogP contribution in [0.15, 0.2) is 23.8 Å². The van der Waals surface area contributed by atoms with Gasteiger partial charge in [-0.25, -0.2) is 0 Å². The summed E-state index contributed by atoms with van der Waals surface area (Å²) in [5.74, 6) is 2.63. The third kappa shape index (κ3) is 3.50. The molecule has 0 aliphatic heterocycles. The quantitative estimate of drug-likeness (QED) is 0.511. The first-order valence-corrected chi connectivity index (χ1v) is 12.3. The van der Waals surface area contributed by atoms with E-state index in [9.17, 15) is 9.59 Å². The number of carbonyl (C=O) groups excluding carboxylic acids is 1. The summed E-state index contributed by atoms with van der Waals surface area (Å²) in [6.07, 6.45) is 16.6. The van der Waals surface area contributed by atoms with Gasteiger partial charge in [-0.2, -0.15) is 0 Å². The number of carboxylic acid groups (broad SMARTS) is 1. The molecular formula is C27H40O3. The van der Waals surface area contributed by atoms with Crippen molar-refractivity contribution >= 4 is 11.8 Å². The van der Waals surface area contributed by atoms with Gasteiger partial charge in [-0.1, -0.05) is 58.3 Å². The van der Waals surface area contributed by atoms with Gasteiger partial charge in [-0.15, -0.1) is 0 Å². The summed E-state index contributed by atoms with van der Waals surface area (Å²) in [6.45, 7) is 9.22. The molecule has 1 N–H and O–H groups in total. The van der Waals surface area contributed by atoms with Crippen molar-refractivity contribution in [1.82, 2.24) is 0 Å². The number of hydrogen-bond acceptors (Lipinski definition) is 2. The molecule has 0 aromatic carbocycles. The molecule has 30 heavy (non-hydrogen) atoms. The Balaban J connectivity index is 1.47. The number of rotatable bonds is 6. The molecule has 4 rings (SSSR count). The number of aliphatic carboxylic acids is 1. The zero-order valence-corrected chi connectivity index (χ0v) is 19.3. The molecule has 3 nitrogen and oxygen atoms in total. The van der Waals surface area contributed by atoms with Crippen molar-refractivity contribution in [3.63, 3.8) is 0 Å². The van der Waals surface area contributed by atoms with E-state index in [1.807, 2.05) is 13.0 Å². The average Bonchev–Trinajstić information content (AvgIpc) is 3.05. The lowest BCUT2D eigenvalue weighted by Crippen LogP contribution is -2.48. The van der Waals surface area contributed by atoms with Crippen LogP contribution in [0.25, 0.3) is 0 Å². The number of allylic oxidation sites excluding steroid dienone is 4. The van der Waals surface area contributed by atoms with Gasteiger partial charge in [0.2, 0.25) is 0 Å². The van der Waals surface area contributed by atoms with E-state index in [0.29, 0.717) is 34.9 Å². The van der Waals surface area contributed by atoms with E-state index in [4.69, 9.17) is 5.11 Å². The van der Waals surface area contributed by atoms with Crippen molar-refractivity contribution in [2.75, 3.05) is 0 Å². The van der Waals surface area contributed by atoms with E-state index in [1.165, 1.54) is 25.7 Å². The third-order valence-electron chi connectivity index (χ3n) is 9.94. The second kappa shape index (κ2) is 7.95. The fourth-order valence-electron chi connectivity index (χ4n) is 7.95. The topological polar surface area (TPSA) is 54.4 Å². The number of carbonyl (C=O) groups is 2. The summed E-state index contributed by atoms with van der Waals surface area (Å²) in [5, 5.41) is 9.15. The predicted octanol–water partition coefficient (Wildman–Crippen LogP) is 6.44. The van der Waals surface area contributed by atoms with Gasteiger partial charge < -0.3 is 5.11 Å². The standard InChI is InChI=1S/C27H40O3/c1-17(6-5-7-18(2)25(29)30)22-10-11-23-21-9-8-19-16-20(28)12-14-26(19,3)24(21)13-15-27(22,23)4/h9,12,14,17-19,22-24H,5-8,10-11,13,15-16H2,1-4H3,(H,29,30). The van der Waals surface area contributed by atoms with Crippen molar-refractivity contribution in [2.24, 2.45) is 46.3 Å². The summed E-state index contributed by atoms with van der Waals surface area (Å²) in [4.78, 5) is 23.1. The van der Waals surface area contributed by atoms with Crippen LogP contribution >= 0.6 is 0 Å². The number of ketones is 1. The highest BCUT2D eigenvalue weighted by Gasteiger charge is 2.57. The maximum absolute atomic E-state index is 12.0. The minimum Gasteiger partial charge on any atom is -0.481 e. The fraction of sp³-hybridized carbons (Fsp3) is 0.778. The largest absolute Gasteiger partial charge is 0.481 e. The first-order valence-electron chi connectivity index (χ1n) is 12.3. The zero-order chi connectivity index (χ0) is 21.7. The van der Waals surface area contributed by atoms with Crippen LogP contribution in [0.5, 0.6) is 0 Å². The van der Waals surface area contributed by atoms with Crippen molar-refractivity contribution in [1.29, 1.82) is 0 Å². The highest BCUT2D eigenvalue weighted by atomic mass is 16.4. The van der Waals surface area contributed by atoms with Crippen LogP contribution in [0, 0.1) is 46.3 Å². The molecule has 3 heteroatoms. The van der Waals surface area contributed by atoms with E-state index in [1.54, 1.807) is 5.57 Å². The number of hydrogen-bond donors (Lipinski definition) is 1. The van der Waals surface area contributed by atoms with Crippen molar-refractivity contribution in [3.05, 3.63) is 23.8 Å². The normalized spacial score (nSPS) is 42.0. The Morgan fingerprint density at radius 1 is 1.17 bits per heavy atom. The summed E-state index contributed by atoms with van der Waals surface area (Å²) >= 11 is 0. The maximum atomic E-state index is 12.0. The van der Waals surface area contributed by atoms with Crippen molar-refractivity contribution in [2.45, 2.75) is 85.5 Å². The fourth-order valence-corrected chi connectivity index (χ4v) is 7.95. The highest BCUT2D eigenvalue weighted by molar-refractivity contribution is 5.91. The van der Waals surface area contributed by atoms with Gasteiger partial charge in [0.1, 0.15) is 0 Å². The van der Waals surface area contributed by atoms with Gasteiger partial charge in [-0.3, -0.25) is 9.59 Å². The second-order valence-electron chi connectivity index (χ2n) is 11.5. The van der Waals surface area contributed by atoms with E-state index in [2.05, 4.69) is 32.9 Å². The predicted molar refractivity (Wildman–Crippen MR) is 120 cm³/mol. The summed E-state index contributed by atoms with van der Waals surface area (Å²) < 4.78 is 0. The highest BCUT2D eigenvalue weighted by Crippen LogP contribution is 2.66. The molecule has 4 aliphatic carbocycles. The molecule has 0 radical (unpaired) electrons.